The lowest BCUT2D eigenvalue weighted by Gasteiger charge is -2.07. The molecule has 0 aliphatic heterocycles. The van der Waals surface area contributed by atoms with Gasteiger partial charge in [-0.3, -0.25) is 24.3 Å². The Labute approximate surface area is 163 Å². The van der Waals surface area contributed by atoms with Crippen LogP contribution in [-0.2, 0) is 13.6 Å². The highest BCUT2D eigenvalue weighted by Gasteiger charge is 2.29. The van der Waals surface area contributed by atoms with Gasteiger partial charge < -0.3 is 5.32 Å². The molecule has 1 amide bonds. The normalized spacial score (nSPS) is 10.8. The van der Waals surface area contributed by atoms with Crippen LogP contribution < -0.4 is 5.32 Å². The molecular formula is C16H14Cl2N6O3. The van der Waals surface area contributed by atoms with E-state index in [0.29, 0.717) is 22.2 Å². The summed E-state index contributed by atoms with van der Waals surface area (Å²) in [5.74, 6) is -0.442. The van der Waals surface area contributed by atoms with E-state index in [1.165, 1.54) is 18.7 Å². The molecule has 0 radical (unpaired) electrons. The van der Waals surface area contributed by atoms with Crippen LogP contribution in [0.4, 0.5) is 11.5 Å². The van der Waals surface area contributed by atoms with Gasteiger partial charge in [0, 0.05) is 34.9 Å². The number of halogens is 2. The molecule has 0 spiro atoms. The minimum absolute atomic E-state index is 0.152. The molecule has 0 saturated heterocycles. The molecule has 0 aliphatic carbocycles. The second kappa shape index (κ2) is 7.37. The Hall–Kier alpha value is -2.91. The van der Waals surface area contributed by atoms with E-state index in [4.69, 9.17) is 23.2 Å². The molecule has 0 atom stereocenters. The second-order valence-electron chi connectivity index (χ2n) is 5.72. The van der Waals surface area contributed by atoms with E-state index in [2.05, 4.69) is 15.5 Å². The Morgan fingerprint density at radius 3 is 2.56 bits per heavy atom. The molecule has 11 heteroatoms. The first-order valence-electron chi connectivity index (χ1n) is 7.73. The molecule has 3 aromatic rings. The Morgan fingerprint density at radius 1 is 1.26 bits per heavy atom. The number of nitro groups is 1. The summed E-state index contributed by atoms with van der Waals surface area (Å²) in [4.78, 5) is 23.1. The van der Waals surface area contributed by atoms with Gasteiger partial charge >= 0.3 is 5.69 Å². The third-order valence-corrected chi connectivity index (χ3v) is 4.56. The van der Waals surface area contributed by atoms with Crippen molar-refractivity contribution in [2.75, 3.05) is 5.32 Å². The molecule has 0 saturated carbocycles. The molecule has 3 rings (SSSR count). The first-order chi connectivity index (χ1) is 12.8. The number of nitrogens with zero attached hydrogens (tertiary/aromatic N) is 5. The van der Waals surface area contributed by atoms with Gasteiger partial charge in [-0.1, -0.05) is 29.3 Å². The van der Waals surface area contributed by atoms with Crippen LogP contribution in [-0.4, -0.2) is 30.4 Å². The van der Waals surface area contributed by atoms with Gasteiger partial charge in [0.05, 0.1) is 11.5 Å². The van der Waals surface area contributed by atoms with E-state index < -0.39 is 10.8 Å². The van der Waals surface area contributed by atoms with Gasteiger partial charge in [-0.2, -0.15) is 10.2 Å². The van der Waals surface area contributed by atoms with Gasteiger partial charge in [0.2, 0.25) is 5.69 Å². The zero-order chi connectivity index (χ0) is 19.7. The smallest absolute Gasteiger partial charge is 0.304 e. The van der Waals surface area contributed by atoms with E-state index in [9.17, 15) is 14.9 Å². The summed E-state index contributed by atoms with van der Waals surface area (Å²) in [7, 11) is 1.47. The summed E-state index contributed by atoms with van der Waals surface area (Å²) in [6, 6.07) is 6.75. The Kier molecular flexibility index (Phi) is 5.15. The summed E-state index contributed by atoms with van der Waals surface area (Å²) >= 11 is 12.3. The number of hydrogen-bond donors (Lipinski definition) is 1. The van der Waals surface area contributed by atoms with E-state index in [-0.39, 0.29) is 22.9 Å². The highest BCUT2D eigenvalue weighted by Crippen LogP contribution is 2.26. The Bertz CT molecular complexity index is 1020. The summed E-state index contributed by atoms with van der Waals surface area (Å²) in [6.45, 7) is 1.77. The highest BCUT2D eigenvalue weighted by atomic mass is 35.5. The van der Waals surface area contributed by atoms with Gasteiger partial charge in [0.1, 0.15) is 5.69 Å². The number of carbonyl (C=O) groups is 1. The molecule has 1 aromatic carbocycles. The number of anilines is 1. The fourth-order valence-electron chi connectivity index (χ4n) is 2.66. The number of aromatic nitrogens is 4. The number of rotatable bonds is 5. The average Bonchev–Trinajstić information content (AvgIpc) is 3.14. The van der Waals surface area contributed by atoms with Crippen molar-refractivity contribution >= 4 is 40.6 Å². The standard InChI is InChI=1S/C16H14Cl2N6O3/c1-9-14(24(26)27)15(22(2)20-9)16(25)19-13-6-7-23(21-13)8-10-11(17)4-3-5-12(10)18/h3-7H,8H2,1-2H3,(H,19,21,25). The van der Waals surface area contributed by atoms with Gasteiger partial charge in [-0.25, -0.2) is 0 Å². The average molecular weight is 409 g/mol. The molecular weight excluding hydrogens is 395 g/mol. The van der Waals surface area contributed by atoms with Gasteiger partial charge in [-0.05, 0) is 19.1 Å². The predicted molar refractivity (Wildman–Crippen MR) is 100 cm³/mol. The van der Waals surface area contributed by atoms with Gasteiger partial charge in [-0.15, -0.1) is 0 Å². The van der Waals surface area contributed by atoms with Gasteiger partial charge in [0.15, 0.2) is 5.82 Å². The molecule has 2 heterocycles. The Balaban J connectivity index is 1.81. The first-order valence-corrected chi connectivity index (χ1v) is 8.49. The van der Waals surface area contributed by atoms with Crippen molar-refractivity contribution in [3.8, 4) is 0 Å². The third-order valence-electron chi connectivity index (χ3n) is 3.85. The maximum atomic E-state index is 12.5. The largest absolute Gasteiger partial charge is 0.322 e. The van der Waals surface area contributed by atoms with Crippen molar-refractivity contribution in [2.45, 2.75) is 13.5 Å². The number of amides is 1. The number of carbonyl (C=O) groups excluding carboxylic acids is 1. The lowest BCUT2D eigenvalue weighted by Crippen LogP contribution is -2.18. The van der Waals surface area contributed by atoms with Crippen LogP contribution in [0.3, 0.4) is 0 Å². The van der Waals surface area contributed by atoms with Crippen LogP contribution in [0, 0.1) is 17.0 Å². The van der Waals surface area contributed by atoms with Crippen LogP contribution in [0.15, 0.2) is 30.5 Å². The summed E-state index contributed by atoms with van der Waals surface area (Å²) in [5.41, 5.74) is 0.365. The minimum Gasteiger partial charge on any atom is -0.304 e. The maximum Gasteiger partial charge on any atom is 0.322 e. The molecule has 2 aromatic heterocycles. The lowest BCUT2D eigenvalue weighted by molar-refractivity contribution is -0.385. The summed E-state index contributed by atoms with van der Waals surface area (Å²) in [6.07, 6.45) is 1.64. The molecule has 0 fully saturated rings. The number of benzene rings is 1. The lowest BCUT2D eigenvalue weighted by atomic mass is 10.2. The van der Waals surface area contributed by atoms with E-state index in [0.717, 1.165) is 0 Å². The van der Waals surface area contributed by atoms with Crippen LogP contribution >= 0.6 is 23.2 Å². The molecule has 140 valence electrons. The van der Waals surface area contributed by atoms with Crippen molar-refractivity contribution in [1.82, 2.24) is 19.6 Å². The first kappa shape index (κ1) is 18.9. The third kappa shape index (κ3) is 3.79. The second-order valence-corrected chi connectivity index (χ2v) is 6.53. The monoisotopic (exact) mass is 408 g/mol. The zero-order valence-electron chi connectivity index (χ0n) is 14.3. The number of nitrogens with one attached hydrogen (secondary N) is 1. The van der Waals surface area contributed by atoms with Crippen molar-refractivity contribution < 1.29 is 9.72 Å². The van der Waals surface area contributed by atoms with Gasteiger partial charge in [0.25, 0.3) is 5.91 Å². The summed E-state index contributed by atoms with van der Waals surface area (Å²) < 4.78 is 2.72. The molecule has 9 nitrogen and oxygen atoms in total. The van der Waals surface area contributed by atoms with E-state index >= 15 is 0 Å². The summed E-state index contributed by atoms with van der Waals surface area (Å²) in [5, 5.41) is 22.9. The fourth-order valence-corrected chi connectivity index (χ4v) is 3.17. The number of aryl methyl sites for hydroxylation is 2. The van der Waals surface area contributed by atoms with Crippen LogP contribution in [0.1, 0.15) is 21.7 Å². The minimum atomic E-state index is -0.675. The molecule has 0 unspecified atom stereocenters. The van der Waals surface area contributed by atoms with Crippen LogP contribution in [0.25, 0.3) is 0 Å². The van der Waals surface area contributed by atoms with Crippen LogP contribution in [0.2, 0.25) is 10.0 Å². The molecule has 0 bridgehead atoms. The topological polar surface area (TPSA) is 108 Å². The van der Waals surface area contributed by atoms with Crippen molar-refractivity contribution in [3.05, 3.63) is 67.6 Å². The highest BCUT2D eigenvalue weighted by molar-refractivity contribution is 6.35. The SMILES string of the molecule is Cc1nn(C)c(C(=O)Nc2ccn(Cc3c(Cl)cccc3Cl)n2)c1[N+](=O)[O-]. The molecule has 0 aliphatic rings. The molecule has 1 N–H and O–H groups in total. The molecule has 27 heavy (non-hydrogen) atoms. The van der Waals surface area contributed by atoms with E-state index in [1.807, 2.05) is 0 Å². The van der Waals surface area contributed by atoms with E-state index in [1.54, 1.807) is 35.1 Å². The quantitative estimate of drug-likeness (QED) is 0.513. The Morgan fingerprint density at radius 2 is 1.93 bits per heavy atom. The zero-order valence-corrected chi connectivity index (χ0v) is 15.8. The van der Waals surface area contributed by atoms with Crippen molar-refractivity contribution in [3.63, 3.8) is 0 Å². The van der Waals surface area contributed by atoms with Crippen molar-refractivity contribution in [1.29, 1.82) is 0 Å². The van der Waals surface area contributed by atoms with Crippen LogP contribution in [0.5, 0.6) is 0 Å². The van der Waals surface area contributed by atoms with Crippen molar-refractivity contribution in [2.24, 2.45) is 7.05 Å². The predicted octanol–water partition coefficient (Wildman–Crippen LogP) is 3.44. The fraction of sp³-hybridized carbons (Fsp3) is 0.188. The number of hydrogen-bond acceptors (Lipinski definition) is 5. The maximum absolute atomic E-state index is 12.5.